The van der Waals surface area contributed by atoms with Gasteiger partial charge >= 0.3 is 0 Å². The van der Waals surface area contributed by atoms with E-state index in [9.17, 15) is 4.79 Å². The minimum absolute atomic E-state index is 0.139. The van der Waals surface area contributed by atoms with Crippen LogP contribution in [0, 0.1) is 11.3 Å². The Morgan fingerprint density at radius 2 is 2.25 bits per heavy atom. The molecule has 1 aliphatic rings. The van der Waals surface area contributed by atoms with E-state index >= 15 is 0 Å². The monoisotopic (exact) mass is 268 g/mol. The first-order chi connectivity index (χ1) is 9.79. The van der Waals surface area contributed by atoms with Crippen LogP contribution in [-0.4, -0.2) is 46.6 Å². The number of para-hydroxylation sites is 1. The number of nitrogens with zero attached hydrogens (tertiary/aromatic N) is 4. The van der Waals surface area contributed by atoms with E-state index in [0.29, 0.717) is 29.7 Å². The van der Waals surface area contributed by atoms with Gasteiger partial charge in [-0.15, -0.1) is 0 Å². The van der Waals surface area contributed by atoms with Crippen LogP contribution in [0.2, 0.25) is 0 Å². The van der Waals surface area contributed by atoms with Gasteiger partial charge in [0.1, 0.15) is 5.52 Å². The van der Waals surface area contributed by atoms with E-state index in [4.69, 9.17) is 10.00 Å². The summed E-state index contributed by atoms with van der Waals surface area (Å²) < 4.78 is 5.25. The third-order valence-corrected chi connectivity index (χ3v) is 3.23. The van der Waals surface area contributed by atoms with Crippen molar-refractivity contribution in [2.24, 2.45) is 0 Å². The summed E-state index contributed by atoms with van der Waals surface area (Å²) in [5.74, 6) is -0.139. The van der Waals surface area contributed by atoms with E-state index in [1.54, 1.807) is 29.4 Å². The van der Waals surface area contributed by atoms with E-state index in [2.05, 4.69) is 9.97 Å². The highest BCUT2D eigenvalue weighted by Gasteiger charge is 2.26. The Morgan fingerprint density at radius 1 is 1.40 bits per heavy atom. The fourth-order valence-electron chi connectivity index (χ4n) is 2.25. The Morgan fingerprint density at radius 3 is 3.10 bits per heavy atom. The first-order valence-electron chi connectivity index (χ1n) is 6.30. The highest BCUT2D eigenvalue weighted by molar-refractivity contribution is 6.04. The van der Waals surface area contributed by atoms with Crippen LogP contribution in [0.4, 0.5) is 0 Å². The largest absolute Gasteiger partial charge is 0.360 e. The molecule has 3 rings (SSSR count). The summed E-state index contributed by atoms with van der Waals surface area (Å²) in [6.45, 7) is 1.14. The summed E-state index contributed by atoms with van der Waals surface area (Å²) in [6, 6.07) is 7.37. The van der Waals surface area contributed by atoms with Crippen molar-refractivity contribution >= 4 is 16.9 Å². The van der Waals surface area contributed by atoms with Gasteiger partial charge < -0.3 is 9.64 Å². The van der Waals surface area contributed by atoms with Gasteiger partial charge in [0.2, 0.25) is 0 Å². The number of aromatic nitrogens is 2. The molecule has 6 nitrogen and oxygen atoms in total. The number of ether oxygens (including phenoxy) is 1. The van der Waals surface area contributed by atoms with Crippen molar-refractivity contribution in [1.29, 1.82) is 5.26 Å². The van der Waals surface area contributed by atoms with Crippen LogP contribution in [0.1, 0.15) is 10.4 Å². The van der Waals surface area contributed by atoms with Gasteiger partial charge in [-0.1, -0.05) is 6.07 Å². The SMILES string of the molecule is N#CC1CN(C(=O)c2cccc3nccnc23)CCO1. The molecular formula is C14H12N4O2. The molecule has 1 fully saturated rings. The van der Waals surface area contributed by atoms with Crippen LogP contribution in [0.3, 0.4) is 0 Å². The number of carbonyl (C=O) groups excluding carboxylic acids is 1. The number of benzene rings is 1. The summed E-state index contributed by atoms with van der Waals surface area (Å²) in [6.07, 6.45) is 2.60. The molecule has 0 N–H and O–H groups in total. The average Bonchev–Trinajstić information content (AvgIpc) is 2.53. The van der Waals surface area contributed by atoms with E-state index in [1.165, 1.54) is 0 Å². The van der Waals surface area contributed by atoms with Gasteiger partial charge in [-0.25, -0.2) is 0 Å². The summed E-state index contributed by atoms with van der Waals surface area (Å²) in [7, 11) is 0. The van der Waals surface area contributed by atoms with E-state index in [1.807, 2.05) is 12.1 Å². The van der Waals surface area contributed by atoms with Crippen LogP contribution >= 0.6 is 0 Å². The van der Waals surface area contributed by atoms with Crippen LogP contribution in [-0.2, 0) is 4.74 Å². The highest BCUT2D eigenvalue weighted by atomic mass is 16.5. The molecule has 100 valence electrons. The standard InChI is InChI=1S/C14H12N4O2/c15-8-10-9-18(6-7-20-10)14(19)11-2-1-3-12-13(11)17-5-4-16-12/h1-5,10H,6-7,9H2. The number of rotatable bonds is 1. The molecule has 1 aromatic heterocycles. The minimum atomic E-state index is -0.561. The Balaban J connectivity index is 1.95. The number of amides is 1. The molecule has 6 heteroatoms. The van der Waals surface area contributed by atoms with Gasteiger partial charge in [0.25, 0.3) is 5.91 Å². The Labute approximate surface area is 115 Å². The maximum Gasteiger partial charge on any atom is 0.256 e. The molecule has 20 heavy (non-hydrogen) atoms. The number of hydrogen-bond acceptors (Lipinski definition) is 5. The zero-order chi connectivity index (χ0) is 13.9. The second kappa shape index (κ2) is 5.23. The maximum atomic E-state index is 12.6. The lowest BCUT2D eigenvalue weighted by Crippen LogP contribution is -2.45. The number of hydrogen-bond donors (Lipinski definition) is 0. The third kappa shape index (κ3) is 2.19. The van der Waals surface area contributed by atoms with Crippen molar-refractivity contribution < 1.29 is 9.53 Å². The van der Waals surface area contributed by atoms with Crippen LogP contribution in [0.5, 0.6) is 0 Å². The van der Waals surface area contributed by atoms with Crippen molar-refractivity contribution in [3.05, 3.63) is 36.2 Å². The van der Waals surface area contributed by atoms with Gasteiger partial charge in [0.05, 0.1) is 30.3 Å². The van der Waals surface area contributed by atoms with Crippen molar-refractivity contribution in [1.82, 2.24) is 14.9 Å². The van der Waals surface area contributed by atoms with E-state index < -0.39 is 6.10 Å². The molecule has 1 amide bonds. The fraction of sp³-hybridized carbons (Fsp3) is 0.286. The summed E-state index contributed by atoms with van der Waals surface area (Å²) >= 11 is 0. The molecule has 0 spiro atoms. The lowest BCUT2D eigenvalue weighted by Gasteiger charge is -2.29. The van der Waals surface area contributed by atoms with Gasteiger partial charge in [0, 0.05) is 18.9 Å². The third-order valence-electron chi connectivity index (χ3n) is 3.23. The Bertz CT molecular complexity index is 690. The zero-order valence-electron chi connectivity index (χ0n) is 10.7. The smallest absolute Gasteiger partial charge is 0.256 e. The van der Waals surface area contributed by atoms with Crippen molar-refractivity contribution in [3.63, 3.8) is 0 Å². The number of carbonyl (C=O) groups is 1. The molecule has 0 saturated carbocycles. The van der Waals surface area contributed by atoms with E-state index in [0.717, 1.165) is 0 Å². The molecule has 2 aromatic rings. The van der Waals surface area contributed by atoms with Crippen molar-refractivity contribution in [3.8, 4) is 6.07 Å². The zero-order valence-corrected chi connectivity index (χ0v) is 10.7. The molecule has 1 atom stereocenters. The summed E-state index contributed by atoms with van der Waals surface area (Å²) in [4.78, 5) is 22.6. The van der Waals surface area contributed by atoms with Crippen molar-refractivity contribution in [2.45, 2.75) is 6.10 Å². The molecule has 1 saturated heterocycles. The van der Waals surface area contributed by atoms with Gasteiger partial charge in [-0.2, -0.15) is 5.26 Å². The quantitative estimate of drug-likeness (QED) is 0.770. The Hall–Kier alpha value is -2.52. The molecular weight excluding hydrogens is 256 g/mol. The van der Waals surface area contributed by atoms with Crippen molar-refractivity contribution in [2.75, 3.05) is 19.7 Å². The lowest BCUT2D eigenvalue weighted by molar-refractivity contribution is 0.00355. The summed E-state index contributed by atoms with van der Waals surface area (Å²) in [5.41, 5.74) is 1.78. The maximum absolute atomic E-state index is 12.6. The summed E-state index contributed by atoms with van der Waals surface area (Å²) in [5, 5.41) is 8.90. The topological polar surface area (TPSA) is 79.1 Å². The number of fused-ring (bicyclic) bond motifs is 1. The van der Waals surface area contributed by atoms with Gasteiger partial charge in [0.15, 0.2) is 6.10 Å². The first-order valence-corrected chi connectivity index (χ1v) is 6.30. The van der Waals surface area contributed by atoms with Crippen LogP contribution in [0.15, 0.2) is 30.6 Å². The first kappa shape index (κ1) is 12.5. The Kier molecular flexibility index (Phi) is 3.27. The lowest BCUT2D eigenvalue weighted by atomic mass is 10.1. The van der Waals surface area contributed by atoms with Gasteiger partial charge in [-0.05, 0) is 12.1 Å². The van der Waals surface area contributed by atoms with Crippen LogP contribution in [0.25, 0.3) is 11.0 Å². The molecule has 0 radical (unpaired) electrons. The second-order valence-corrected chi connectivity index (χ2v) is 4.47. The molecule has 0 aliphatic carbocycles. The minimum Gasteiger partial charge on any atom is -0.360 e. The predicted octanol–water partition coefficient (Wildman–Crippen LogP) is 0.994. The average molecular weight is 268 g/mol. The van der Waals surface area contributed by atoms with Gasteiger partial charge in [-0.3, -0.25) is 14.8 Å². The van der Waals surface area contributed by atoms with E-state index in [-0.39, 0.29) is 12.5 Å². The predicted molar refractivity (Wildman–Crippen MR) is 70.8 cm³/mol. The molecule has 1 aromatic carbocycles. The number of morpholine rings is 1. The normalized spacial score (nSPS) is 18.8. The molecule has 1 unspecified atom stereocenters. The fourth-order valence-corrected chi connectivity index (χ4v) is 2.25. The van der Waals surface area contributed by atoms with Crippen LogP contribution < -0.4 is 0 Å². The highest BCUT2D eigenvalue weighted by Crippen LogP contribution is 2.17. The second-order valence-electron chi connectivity index (χ2n) is 4.47. The molecule has 2 heterocycles. The molecule has 0 bridgehead atoms. The molecule has 1 aliphatic heterocycles. The number of nitriles is 1.